The topological polar surface area (TPSA) is 59.6 Å². The normalized spacial score (nSPS) is 10.7. The summed E-state index contributed by atoms with van der Waals surface area (Å²) >= 11 is 0. The Labute approximate surface area is 107 Å². The Bertz CT molecular complexity index is 425. The highest BCUT2D eigenvalue weighted by Gasteiger charge is 2.15. The van der Waals surface area contributed by atoms with Crippen LogP contribution < -0.4 is 20.1 Å². The lowest BCUT2D eigenvalue weighted by atomic mass is 10.1. The number of hydrogen-bond acceptors (Lipinski definition) is 3. The van der Waals surface area contributed by atoms with Gasteiger partial charge in [-0.3, -0.25) is 0 Å². The molecule has 0 bridgehead atoms. The molecule has 0 aliphatic rings. The van der Waals surface area contributed by atoms with Crippen LogP contribution in [0, 0.1) is 0 Å². The van der Waals surface area contributed by atoms with Crippen LogP contribution in [-0.2, 0) is 0 Å². The van der Waals surface area contributed by atoms with Gasteiger partial charge in [-0.1, -0.05) is 0 Å². The van der Waals surface area contributed by atoms with E-state index in [1.54, 1.807) is 32.4 Å². The van der Waals surface area contributed by atoms with Crippen LogP contribution in [0.3, 0.4) is 0 Å². The first-order valence-electron chi connectivity index (χ1n) is 5.67. The Balaban J connectivity index is 2.81. The highest BCUT2D eigenvalue weighted by molar-refractivity contribution is 5.91. The van der Waals surface area contributed by atoms with Crippen molar-refractivity contribution in [3.63, 3.8) is 0 Å². The highest BCUT2D eigenvalue weighted by Crippen LogP contribution is 2.28. The van der Waals surface area contributed by atoms with E-state index in [0.29, 0.717) is 17.2 Å². The van der Waals surface area contributed by atoms with Gasteiger partial charge in [0.2, 0.25) is 0 Å². The summed E-state index contributed by atoms with van der Waals surface area (Å²) in [6.45, 7) is 5.74. The van der Waals surface area contributed by atoms with Crippen molar-refractivity contribution in [2.45, 2.75) is 26.3 Å². The van der Waals surface area contributed by atoms with Gasteiger partial charge in [-0.25, -0.2) is 4.79 Å². The van der Waals surface area contributed by atoms with E-state index in [-0.39, 0.29) is 11.6 Å². The van der Waals surface area contributed by atoms with Crippen molar-refractivity contribution < 1.29 is 14.3 Å². The number of rotatable bonds is 3. The van der Waals surface area contributed by atoms with E-state index in [0.717, 1.165) is 0 Å². The average molecular weight is 252 g/mol. The Hall–Kier alpha value is -1.91. The predicted octanol–water partition coefficient (Wildman–Crippen LogP) is 2.62. The molecule has 0 aliphatic heterocycles. The third-order valence-corrected chi connectivity index (χ3v) is 2.15. The van der Waals surface area contributed by atoms with E-state index in [9.17, 15) is 4.79 Å². The Morgan fingerprint density at radius 2 is 1.83 bits per heavy atom. The number of carbonyl (C=O) groups is 1. The standard InChI is InChI=1S/C13H20N2O3/c1-13(2,3)15-12(16)14-10-7-6-9(17-4)8-11(10)18-5/h6-8H,1-5H3,(H2,14,15,16). The van der Waals surface area contributed by atoms with E-state index in [1.165, 1.54) is 0 Å². The molecule has 1 aromatic rings. The lowest BCUT2D eigenvalue weighted by molar-refractivity contribution is 0.243. The van der Waals surface area contributed by atoms with Gasteiger partial charge < -0.3 is 20.1 Å². The third kappa shape index (κ3) is 4.16. The van der Waals surface area contributed by atoms with E-state index in [1.807, 2.05) is 20.8 Å². The zero-order chi connectivity index (χ0) is 13.8. The van der Waals surface area contributed by atoms with Gasteiger partial charge in [0.1, 0.15) is 11.5 Å². The minimum absolute atomic E-state index is 0.272. The Morgan fingerprint density at radius 3 is 2.33 bits per heavy atom. The number of hydrogen-bond donors (Lipinski definition) is 2. The number of anilines is 1. The predicted molar refractivity (Wildman–Crippen MR) is 71.5 cm³/mol. The van der Waals surface area contributed by atoms with Crippen LogP contribution in [0.5, 0.6) is 11.5 Å². The van der Waals surface area contributed by atoms with Crippen molar-refractivity contribution in [2.24, 2.45) is 0 Å². The van der Waals surface area contributed by atoms with Crippen LogP contribution in [-0.4, -0.2) is 25.8 Å². The first kappa shape index (κ1) is 14.2. The van der Waals surface area contributed by atoms with Crippen molar-refractivity contribution >= 4 is 11.7 Å². The summed E-state index contributed by atoms with van der Waals surface area (Å²) in [6.07, 6.45) is 0. The molecule has 5 heteroatoms. The summed E-state index contributed by atoms with van der Waals surface area (Å²) in [5.41, 5.74) is 0.309. The van der Waals surface area contributed by atoms with Crippen molar-refractivity contribution in [3.8, 4) is 11.5 Å². The lowest BCUT2D eigenvalue weighted by Gasteiger charge is -2.21. The number of ether oxygens (including phenoxy) is 2. The van der Waals surface area contributed by atoms with Crippen molar-refractivity contribution in [2.75, 3.05) is 19.5 Å². The molecular weight excluding hydrogens is 232 g/mol. The molecule has 0 aliphatic carbocycles. The number of benzene rings is 1. The molecule has 1 rings (SSSR count). The third-order valence-electron chi connectivity index (χ3n) is 2.15. The fourth-order valence-corrected chi connectivity index (χ4v) is 1.40. The molecule has 18 heavy (non-hydrogen) atoms. The highest BCUT2D eigenvalue weighted by atomic mass is 16.5. The van der Waals surface area contributed by atoms with E-state index < -0.39 is 0 Å². The summed E-state index contributed by atoms with van der Waals surface area (Å²) < 4.78 is 10.3. The van der Waals surface area contributed by atoms with Crippen LogP contribution in [0.1, 0.15) is 20.8 Å². The maximum absolute atomic E-state index is 11.7. The molecule has 0 saturated carbocycles. The number of carbonyl (C=O) groups excluding carboxylic acids is 1. The molecule has 0 aromatic heterocycles. The molecule has 0 radical (unpaired) electrons. The maximum Gasteiger partial charge on any atom is 0.319 e. The number of amides is 2. The van der Waals surface area contributed by atoms with Gasteiger partial charge in [-0.05, 0) is 32.9 Å². The zero-order valence-corrected chi connectivity index (χ0v) is 11.5. The van der Waals surface area contributed by atoms with Crippen LogP contribution in [0.15, 0.2) is 18.2 Å². The van der Waals surface area contributed by atoms with Crippen LogP contribution in [0.25, 0.3) is 0 Å². The van der Waals surface area contributed by atoms with Crippen LogP contribution >= 0.6 is 0 Å². The van der Waals surface area contributed by atoms with Crippen LogP contribution in [0.2, 0.25) is 0 Å². The first-order valence-corrected chi connectivity index (χ1v) is 5.67. The molecule has 1 aromatic carbocycles. The second-order valence-corrected chi connectivity index (χ2v) is 4.90. The number of urea groups is 1. The summed E-state index contributed by atoms with van der Waals surface area (Å²) in [6, 6.07) is 4.94. The first-order chi connectivity index (χ1) is 8.35. The molecule has 0 fully saturated rings. The van der Waals surface area contributed by atoms with Gasteiger partial charge in [-0.15, -0.1) is 0 Å². The number of methoxy groups -OCH3 is 2. The lowest BCUT2D eigenvalue weighted by Crippen LogP contribution is -2.43. The fourth-order valence-electron chi connectivity index (χ4n) is 1.40. The molecule has 2 N–H and O–H groups in total. The van der Waals surface area contributed by atoms with Crippen LogP contribution in [0.4, 0.5) is 10.5 Å². The minimum Gasteiger partial charge on any atom is -0.497 e. The molecular formula is C13H20N2O3. The largest absolute Gasteiger partial charge is 0.497 e. The molecule has 2 amide bonds. The van der Waals surface area contributed by atoms with Crippen molar-refractivity contribution in [3.05, 3.63) is 18.2 Å². The molecule has 0 atom stereocenters. The van der Waals surface area contributed by atoms with Gasteiger partial charge in [0.05, 0.1) is 19.9 Å². The van der Waals surface area contributed by atoms with Crippen molar-refractivity contribution in [1.82, 2.24) is 5.32 Å². The SMILES string of the molecule is COc1ccc(NC(=O)NC(C)(C)C)c(OC)c1. The quantitative estimate of drug-likeness (QED) is 0.869. The summed E-state index contributed by atoms with van der Waals surface area (Å²) in [5.74, 6) is 1.23. The van der Waals surface area contributed by atoms with Gasteiger partial charge in [0.15, 0.2) is 0 Å². The average Bonchev–Trinajstić information content (AvgIpc) is 2.27. The molecule has 0 spiro atoms. The summed E-state index contributed by atoms with van der Waals surface area (Å²) in [7, 11) is 3.12. The summed E-state index contributed by atoms with van der Waals surface area (Å²) in [5, 5.41) is 5.55. The van der Waals surface area contributed by atoms with Gasteiger partial charge in [0.25, 0.3) is 0 Å². The molecule has 100 valence electrons. The molecule has 0 unspecified atom stereocenters. The van der Waals surface area contributed by atoms with Gasteiger partial charge >= 0.3 is 6.03 Å². The smallest absolute Gasteiger partial charge is 0.319 e. The second kappa shape index (κ2) is 5.62. The zero-order valence-electron chi connectivity index (χ0n) is 11.5. The monoisotopic (exact) mass is 252 g/mol. The number of nitrogens with one attached hydrogen (secondary N) is 2. The molecule has 0 saturated heterocycles. The maximum atomic E-state index is 11.7. The molecule has 5 nitrogen and oxygen atoms in total. The van der Waals surface area contributed by atoms with E-state index >= 15 is 0 Å². The fraction of sp³-hybridized carbons (Fsp3) is 0.462. The van der Waals surface area contributed by atoms with Gasteiger partial charge in [-0.2, -0.15) is 0 Å². The van der Waals surface area contributed by atoms with Crippen molar-refractivity contribution in [1.29, 1.82) is 0 Å². The Morgan fingerprint density at radius 1 is 1.17 bits per heavy atom. The molecule has 0 heterocycles. The van der Waals surface area contributed by atoms with E-state index in [4.69, 9.17) is 9.47 Å². The minimum atomic E-state index is -0.288. The Kier molecular flexibility index (Phi) is 4.42. The summed E-state index contributed by atoms with van der Waals surface area (Å²) in [4.78, 5) is 11.7. The second-order valence-electron chi connectivity index (χ2n) is 4.90. The van der Waals surface area contributed by atoms with Gasteiger partial charge in [0, 0.05) is 11.6 Å². The van der Waals surface area contributed by atoms with E-state index in [2.05, 4.69) is 10.6 Å².